The van der Waals surface area contributed by atoms with Crippen LogP contribution < -0.4 is 10.6 Å². The second-order valence-corrected chi connectivity index (χ2v) is 7.29. The van der Waals surface area contributed by atoms with E-state index in [1.54, 1.807) is 11.3 Å². The van der Waals surface area contributed by atoms with Crippen LogP contribution in [0.3, 0.4) is 0 Å². The van der Waals surface area contributed by atoms with Crippen molar-refractivity contribution in [3.05, 3.63) is 40.6 Å². The molecule has 0 aliphatic carbocycles. The zero-order chi connectivity index (χ0) is 18.2. The smallest absolute Gasteiger partial charge is 0.209 e. The molecule has 26 heavy (non-hydrogen) atoms. The molecular formula is C18H21N5OS2. The largest absolute Gasteiger partial charge is 0.392 e. The fourth-order valence-corrected chi connectivity index (χ4v) is 3.81. The summed E-state index contributed by atoms with van der Waals surface area (Å²) < 4.78 is 0. The second kappa shape index (κ2) is 9.65. The number of aliphatic imine (C=N–C) groups is 1. The van der Waals surface area contributed by atoms with Gasteiger partial charge in [-0.05, 0) is 37.9 Å². The molecular weight excluding hydrogens is 366 g/mol. The summed E-state index contributed by atoms with van der Waals surface area (Å²) >= 11 is 3.01. The van der Waals surface area contributed by atoms with E-state index in [2.05, 4.69) is 32.3 Å². The first kappa shape index (κ1) is 18.8. The molecule has 0 spiro atoms. The normalized spacial score (nSPS) is 13.7. The number of benzene rings is 1. The first-order chi connectivity index (χ1) is 12.8. The van der Waals surface area contributed by atoms with E-state index in [4.69, 9.17) is 0 Å². The van der Waals surface area contributed by atoms with Gasteiger partial charge >= 0.3 is 0 Å². The average molecular weight is 388 g/mol. The third-order valence-electron chi connectivity index (χ3n) is 3.71. The maximum Gasteiger partial charge on any atom is 0.209 e. The van der Waals surface area contributed by atoms with Gasteiger partial charge in [-0.15, -0.1) is 22.7 Å². The lowest BCUT2D eigenvalue weighted by atomic mass is 10.1. The van der Waals surface area contributed by atoms with E-state index in [9.17, 15) is 5.11 Å². The first-order valence-corrected chi connectivity index (χ1v) is 10.1. The molecule has 4 rings (SSSR count). The highest BCUT2D eigenvalue weighted by molar-refractivity contribution is 7.14. The van der Waals surface area contributed by atoms with Crippen LogP contribution in [-0.4, -0.2) is 41.6 Å². The van der Waals surface area contributed by atoms with Crippen molar-refractivity contribution < 1.29 is 5.11 Å². The number of aliphatic hydroxyl groups is 1. The number of nitrogens with one attached hydrogen (secondary N) is 2. The minimum absolute atomic E-state index is 0.0342. The molecule has 1 saturated heterocycles. The average Bonchev–Trinajstić information content (AvgIpc) is 3.39. The Hall–Kier alpha value is -1.97. The third-order valence-corrected chi connectivity index (χ3v) is 5.37. The summed E-state index contributed by atoms with van der Waals surface area (Å²) in [4.78, 5) is 12.7. The highest BCUT2D eigenvalue weighted by atomic mass is 32.1. The standard InChI is InChI=1S/C14H11N3OS2.C4H10N2/c1-15-14-17-12(8-20-14)11-7-19-13(16-11)10-4-2-3-9(5-10)6-18;1-2-5-4-6-3-1/h2-5,7-8,18H,1,6H2;5-6H,1-4H2. The number of nitrogens with zero attached hydrogens (tertiary/aromatic N) is 3. The quantitative estimate of drug-likeness (QED) is 0.599. The van der Waals surface area contributed by atoms with Gasteiger partial charge in [0.2, 0.25) is 5.13 Å². The van der Waals surface area contributed by atoms with Crippen LogP contribution in [0.1, 0.15) is 12.0 Å². The molecule has 0 amide bonds. The molecule has 3 heterocycles. The van der Waals surface area contributed by atoms with Crippen LogP contribution in [-0.2, 0) is 6.61 Å². The molecule has 0 atom stereocenters. The monoisotopic (exact) mass is 387 g/mol. The maximum absolute atomic E-state index is 9.18. The van der Waals surface area contributed by atoms with Crippen molar-refractivity contribution in [2.45, 2.75) is 13.0 Å². The van der Waals surface area contributed by atoms with E-state index in [0.29, 0.717) is 5.13 Å². The van der Waals surface area contributed by atoms with Crippen molar-refractivity contribution in [3.63, 3.8) is 0 Å². The lowest BCUT2D eigenvalue weighted by Crippen LogP contribution is -2.37. The van der Waals surface area contributed by atoms with E-state index in [1.165, 1.54) is 30.8 Å². The van der Waals surface area contributed by atoms with E-state index >= 15 is 0 Å². The van der Waals surface area contributed by atoms with Gasteiger partial charge in [-0.25, -0.2) is 15.0 Å². The third kappa shape index (κ3) is 5.03. The summed E-state index contributed by atoms with van der Waals surface area (Å²) in [6.45, 7) is 6.88. The minimum atomic E-state index is 0.0342. The van der Waals surface area contributed by atoms with Crippen LogP contribution in [0.2, 0.25) is 0 Å². The molecule has 0 radical (unpaired) electrons. The van der Waals surface area contributed by atoms with Crippen LogP contribution in [0, 0.1) is 0 Å². The van der Waals surface area contributed by atoms with Gasteiger partial charge in [0, 0.05) is 23.0 Å². The molecule has 0 saturated carbocycles. The van der Waals surface area contributed by atoms with Gasteiger partial charge in [-0.1, -0.05) is 18.2 Å². The van der Waals surface area contributed by atoms with E-state index < -0.39 is 0 Å². The molecule has 6 nitrogen and oxygen atoms in total. The van der Waals surface area contributed by atoms with Gasteiger partial charge in [0.25, 0.3) is 0 Å². The zero-order valence-electron chi connectivity index (χ0n) is 14.3. The Balaban J connectivity index is 0.000000278. The SMILES string of the molecule is C1CNCNC1.C=Nc1nc(-c2csc(-c3cccc(CO)c3)n2)cs1. The summed E-state index contributed by atoms with van der Waals surface area (Å²) in [7, 11) is 0. The molecule has 0 unspecified atom stereocenters. The van der Waals surface area contributed by atoms with Crippen molar-refractivity contribution in [1.29, 1.82) is 0 Å². The van der Waals surface area contributed by atoms with Crippen LogP contribution in [0.25, 0.3) is 22.0 Å². The van der Waals surface area contributed by atoms with Gasteiger partial charge in [0.1, 0.15) is 16.4 Å². The predicted molar refractivity (Wildman–Crippen MR) is 109 cm³/mol. The lowest BCUT2D eigenvalue weighted by Gasteiger charge is -2.11. The van der Waals surface area contributed by atoms with Crippen LogP contribution in [0.15, 0.2) is 40.0 Å². The molecule has 0 bridgehead atoms. The summed E-state index contributed by atoms with van der Waals surface area (Å²) in [5.74, 6) is 0. The number of hydrogen-bond acceptors (Lipinski definition) is 8. The molecule has 8 heteroatoms. The Kier molecular flexibility index (Phi) is 6.98. The second-order valence-electron chi connectivity index (χ2n) is 5.60. The van der Waals surface area contributed by atoms with Crippen molar-refractivity contribution in [2.75, 3.05) is 19.8 Å². The van der Waals surface area contributed by atoms with Crippen molar-refractivity contribution in [3.8, 4) is 22.0 Å². The Bertz CT molecular complexity index is 830. The molecule has 2 aromatic heterocycles. The molecule has 1 fully saturated rings. The van der Waals surface area contributed by atoms with Crippen LogP contribution in [0.4, 0.5) is 5.13 Å². The summed E-state index contributed by atoms with van der Waals surface area (Å²) in [6.07, 6.45) is 1.28. The van der Waals surface area contributed by atoms with Gasteiger partial charge in [-0.3, -0.25) is 0 Å². The van der Waals surface area contributed by atoms with Crippen LogP contribution >= 0.6 is 22.7 Å². The zero-order valence-corrected chi connectivity index (χ0v) is 15.9. The summed E-state index contributed by atoms with van der Waals surface area (Å²) in [5, 5.41) is 21.0. The number of aliphatic hydroxyl groups excluding tert-OH is 1. The Labute approximate surface area is 160 Å². The van der Waals surface area contributed by atoms with Crippen molar-refractivity contribution in [1.82, 2.24) is 20.6 Å². The van der Waals surface area contributed by atoms with Gasteiger partial charge in [-0.2, -0.15) is 0 Å². The van der Waals surface area contributed by atoms with E-state index in [0.717, 1.165) is 34.2 Å². The van der Waals surface area contributed by atoms with E-state index in [1.807, 2.05) is 35.0 Å². The Morgan fingerprint density at radius 2 is 1.88 bits per heavy atom. The number of rotatable bonds is 4. The lowest BCUT2D eigenvalue weighted by molar-refractivity contribution is 0.282. The minimum Gasteiger partial charge on any atom is -0.392 e. The highest BCUT2D eigenvalue weighted by Crippen LogP contribution is 2.31. The topological polar surface area (TPSA) is 82.4 Å². The number of thiazole rings is 2. The number of hydrogen-bond donors (Lipinski definition) is 3. The van der Waals surface area contributed by atoms with Gasteiger partial charge in [0.05, 0.1) is 6.61 Å². The Morgan fingerprint density at radius 3 is 2.50 bits per heavy atom. The predicted octanol–water partition coefficient (Wildman–Crippen LogP) is 3.28. The van der Waals surface area contributed by atoms with Crippen molar-refractivity contribution >= 4 is 34.5 Å². The molecule has 136 valence electrons. The van der Waals surface area contributed by atoms with Gasteiger partial charge < -0.3 is 15.7 Å². The highest BCUT2D eigenvalue weighted by Gasteiger charge is 2.10. The summed E-state index contributed by atoms with van der Waals surface area (Å²) in [6, 6.07) is 7.74. The van der Waals surface area contributed by atoms with Gasteiger partial charge in [0.15, 0.2) is 0 Å². The first-order valence-electron chi connectivity index (χ1n) is 8.30. The Morgan fingerprint density at radius 1 is 1.12 bits per heavy atom. The van der Waals surface area contributed by atoms with E-state index in [-0.39, 0.29) is 6.61 Å². The fourth-order valence-electron chi connectivity index (χ4n) is 2.38. The fraction of sp³-hybridized carbons (Fsp3) is 0.278. The maximum atomic E-state index is 9.18. The van der Waals surface area contributed by atoms with Crippen LogP contribution in [0.5, 0.6) is 0 Å². The summed E-state index contributed by atoms with van der Waals surface area (Å²) in [5.41, 5.74) is 3.54. The van der Waals surface area contributed by atoms with Crippen molar-refractivity contribution in [2.24, 2.45) is 4.99 Å². The molecule has 3 N–H and O–H groups in total. The molecule has 1 aliphatic heterocycles. The molecule has 1 aromatic carbocycles. The molecule has 1 aliphatic rings. The number of aromatic nitrogens is 2. The molecule has 3 aromatic rings.